The number of hydrogen-bond donors (Lipinski definition) is 0. The number of Topliss-reactive ketones (excluding diaryl/α,β-unsaturated/α-hetero) is 1. The molecule has 0 aliphatic heterocycles. The van der Waals surface area contributed by atoms with E-state index in [1.807, 2.05) is 31.2 Å². The molecule has 1 rings (SSSR count). The van der Waals surface area contributed by atoms with Crippen molar-refractivity contribution in [3.05, 3.63) is 35.4 Å². The van der Waals surface area contributed by atoms with Crippen LogP contribution in [-0.4, -0.2) is 10.6 Å². The smallest absolute Gasteiger partial charge is 0.176 e. The van der Waals surface area contributed by atoms with Crippen molar-refractivity contribution in [1.29, 1.82) is 0 Å². The van der Waals surface area contributed by atoms with Crippen molar-refractivity contribution >= 4 is 21.7 Å². The zero-order valence-corrected chi connectivity index (χ0v) is 9.47. The van der Waals surface area contributed by atoms with Gasteiger partial charge in [0.2, 0.25) is 0 Å². The molecule has 13 heavy (non-hydrogen) atoms. The summed E-state index contributed by atoms with van der Waals surface area (Å²) >= 11 is 3.29. The summed E-state index contributed by atoms with van der Waals surface area (Å²) in [5.74, 6) is 0.164. The molecule has 0 aromatic heterocycles. The maximum Gasteiger partial charge on any atom is 0.176 e. The van der Waals surface area contributed by atoms with E-state index < -0.39 is 0 Å². The lowest BCUT2D eigenvalue weighted by molar-refractivity contribution is 0.0995. The van der Waals surface area contributed by atoms with Crippen molar-refractivity contribution in [3.63, 3.8) is 0 Å². The first-order valence-electron chi connectivity index (χ1n) is 4.43. The molecule has 0 saturated heterocycles. The molecule has 0 N–H and O–H groups in total. The Morgan fingerprint density at radius 2 is 2.08 bits per heavy atom. The van der Waals surface area contributed by atoms with E-state index in [4.69, 9.17) is 0 Å². The quantitative estimate of drug-likeness (QED) is 0.586. The Morgan fingerprint density at radius 1 is 1.46 bits per heavy atom. The number of benzene rings is 1. The SMILES string of the molecule is CCc1ccccc1C(=O)C(C)Br. The van der Waals surface area contributed by atoms with Gasteiger partial charge in [-0.05, 0) is 18.9 Å². The molecule has 1 nitrogen and oxygen atoms in total. The van der Waals surface area contributed by atoms with Gasteiger partial charge in [-0.25, -0.2) is 0 Å². The van der Waals surface area contributed by atoms with Crippen molar-refractivity contribution in [3.8, 4) is 0 Å². The van der Waals surface area contributed by atoms with Crippen LogP contribution in [0.5, 0.6) is 0 Å². The van der Waals surface area contributed by atoms with Crippen molar-refractivity contribution < 1.29 is 4.79 Å². The van der Waals surface area contributed by atoms with Crippen LogP contribution in [-0.2, 0) is 6.42 Å². The second kappa shape index (κ2) is 4.56. The van der Waals surface area contributed by atoms with Crippen LogP contribution in [0.15, 0.2) is 24.3 Å². The summed E-state index contributed by atoms with van der Waals surface area (Å²) in [5, 5.41) is 0. The molecule has 0 fully saturated rings. The Bertz CT molecular complexity index is 305. The van der Waals surface area contributed by atoms with Gasteiger partial charge in [-0.1, -0.05) is 47.1 Å². The fourth-order valence-corrected chi connectivity index (χ4v) is 1.53. The molecule has 70 valence electrons. The topological polar surface area (TPSA) is 17.1 Å². The lowest BCUT2D eigenvalue weighted by atomic mass is 10.0. The van der Waals surface area contributed by atoms with Crippen LogP contribution in [0.4, 0.5) is 0 Å². The highest BCUT2D eigenvalue weighted by molar-refractivity contribution is 9.10. The predicted molar refractivity (Wildman–Crippen MR) is 58.5 cm³/mol. The monoisotopic (exact) mass is 240 g/mol. The molecule has 0 amide bonds. The fraction of sp³-hybridized carbons (Fsp3) is 0.364. The zero-order chi connectivity index (χ0) is 9.84. The molecule has 2 heteroatoms. The maximum atomic E-state index is 11.7. The van der Waals surface area contributed by atoms with Crippen LogP contribution in [0.3, 0.4) is 0 Å². The van der Waals surface area contributed by atoms with Crippen molar-refractivity contribution in [2.75, 3.05) is 0 Å². The van der Waals surface area contributed by atoms with Gasteiger partial charge in [-0.3, -0.25) is 4.79 Å². The number of carbonyl (C=O) groups excluding carboxylic acids is 1. The summed E-state index contributed by atoms with van der Waals surface area (Å²) in [5.41, 5.74) is 1.97. The van der Waals surface area contributed by atoms with Gasteiger partial charge in [0.1, 0.15) is 0 Å². The standard InChI is InChI=1S/C11H13BrO/c1-3-9-6-4-5-7-10(9)11(13)8(2)12/h4-8H,3H2,1-2H3. The van der Waals surface area contributed by atoms with E-state index in [2.05, 4.69) is 22.9 Å². The molecule has 0 radical (unpaired) electrons. The first-order chi connectivity index (χ1) is 6.16. The Labute approximate surface area is 87.3 Å². The summed E-state index contributed by atoms with van der Waals surface area (Å²) in [7, 11) is 0. The van der Waals surface area contributed by atoms with Gasteiger partial charge in [0.25, 0.3) is 0 Å². The Morgan fingerprint density at radius 3 is 2.62 bits per heavy atom. The van der Waals surface area contributed by atoms with Gasteiger partial charge < -0.3 is 0 Å². The van der Waals surface area contributed by atoms with Gasteiger partial charge >= 0.3 is 0 Å². The molecular weight excluding hydrogens is 228 g/mol. The lowest BCUT2D eigenvalue weighted by Crippen LogP contribution is -2.12. The van der Waals surface area contributed by atoms with E-state index in [1.165, 1.54) is 0 Å². The van der Waals surface area contributed by atoms with Crippen LogP contribution < -0.4 is 0 Å². The molecule has 0 spiro atoms. The number of ketones is 1. The van der Waals surface area contributed by atoms with Gasteiger partial charge in [0.05, 0.1) is 4.83 Å². The predicted octanol–water partition coefficient (Wildman–Crippen LogP) is 3.22. The van der Waals surface area contributed by atoms with Gasteiger partial charge in [-0.2, -0.15) is 0 Å². The highest BCUT2D eigenvalue weighted by Crippen LogP contribution is 2.14. The van der Waals surface area contributed by atoms with E-state index >= 15 is 0 Å². The molecule has 0 aliphatic carbocycles. The van der Waals surface area contributed by atoms with Crippen LogP contribution in [0.25, 0.3) is 0 Å². The zero-order valence-electron chi connectivity index (χ0n) is 7.88. The first-order valence-corrected chi connectivity index (χ1v) is 5.34. The molecule has 0 heterocycles. The molecule has 0 saturated carbocycles. The number of halogens is 1. The minimum absolute atomic E-state index is 0.0970. The third kappa shape index (κ3) is 2.41. The average molecular weight is 241 g/mol. The number of aryl methyl sites for hydroxylation is 1. The van der Waals surface area contributed by atoms with E-state index in [1.54, 1.807) is 0 Å². The largest absolute Gasteiger partial charge is 0.293 e. The van der Waals surface area contributed by atoms with Crippen molar-refractivity contribution in [1.82, 2.24) is 0 Å². The molecule has 0 aliphatic rings. The van der Waals surface area contributed by atoms with Crippen LogP contribution >= 0.6 is 15.9 Å². The van der Waals surface area contributed by atoms with Crippen LogP contribution in [0.2, 0.25) is 0 Å². The summed E-state index contributed by atoms with van der Waals surface area (Å²) in [6.07, 6.45) is 0.904. The minimum Gasteiger partial charge on any atom is -0.293 e. The Kier molecular flexibility index (Phi) is 3.67. The normalized spacial score (nSPS) is 12.5. The van der Waals surface area contributed by atoms with Crippen LogP contribution in [0.1, 0.15) is 29.8 Å². The van der Waals surface area contributed by atoms with E-state index in [0.29, 0.717) is 0 Å². The highest BCUT2D eigenvalue weighted by Gasteiger charge is 2.13. The summed E-state index contributed by atoms with van der Waals surface area (Å²) in [4.78, 5) is 11.6. The number of alkyl halides is 1. The van der Waals surface area contributed by atoms with E-state index in [9.17, 15) is 4.79 Å². The summed E-state index contributed by atoms with van der Waals surface area (Å²) in [6, 6.07) is 7.76. The maximum absolute atomic E-state index is 11.7. The van der Waals surface area contributed by atoms with Gasteiger partial charge in [0.15, 0.2) is 5.78 Å². The molecule has 1 aromatic rings. The minimum atomic E-state index is -0.0970. The van der Waals surface area contributed by atoms with Gasteiger partial charge in [-0.15, -0.1) is 0 Å². The van der Waals surface area contributed by atoms with Crippen molar-refractivity contribution in [2.45, 2.75) is 25.1 Å². The third-order valence-corrected chi connectivity index (χ3v) is 2.44. The molecule has 0 bridgehead atoms. The second-order valence-corrected chi connectivity index (χ2v) is 4.36. The second-order valence-electron chi connectivity index (χ2n) is 2.99. The van der Waals surface area contributed by atoms with Gasteiger partial charge in [0, 0.05) is 5.56 Å². The molecule has 1 unspecified atom stereocenters. The third-order valence-electron chi connectivity index (χ3n) is 2.03. The molecular formula is C11H13BrO. The number of hydrogen-bond acceptors (Lipinski definition) is 1. The summed E-state index contributed by atoms with van der Waals surface area (Å²) < 4.78 is 0. The first kappa shape index (κ1) is 10.5. The highest BCUT2D eigenvalue weighted by atomic mass is 79.9. The fourth-order valence-electron chi connectivity index (χ4n) is 1.28. The average Bonchev–Trinajstić information content (AvgIpc) is 2.16. The molecule has 1 atom stereocenters. The lowest BCUT2D eigenvalue weighted by Gasteiger charge is -2.07. The number of rotatable bonds is 3. The Hall–Kier alpha value is -0.630. The molecule has 1 aromatic carbocycles. The van der Waals surface area contributed by atoms with E-state index in [0.717, 1.165) is 17.5 Å². The number of carbonyl (C=O) groups is 1. The van der Waals surface area contributed by atoms with E-state index in [-0.39, 0.29) is 10.6 Å². The van der Waals surface area contributed by atoms with Crippen LogP contribution in [0, 0.1) is 0 Å². The van der Waals surface area contributed by atoms with Crippen molar-refractivity contribution in [2.24, 2.45) is 0 Å². The summed E-state index contributed by atoms with van der Waals surface area (Å²) in [6.45, 7) is 3.92. The Balaban J connectivity index is 3.06.